The Morgan fingerprint density at radius 1 is 0.974 bits per heavy atom. The van der Waals surface area contributed by atoms with Crippen LogP contribution in [0.1, 0.15) is 34.3 Å². The molecule has 38 heavy (non-hydrogen) atoms. The second-order valence-electron chi connectivity index (χ2n) is 9.62. The summed E-state index contributed by atoms with van der Waals surface area (Å²) in [6, 6.07) is 22.9. The summed E-state index contributed by atoms with van der Waals surface area (Å²) < 4.78 is 11.5. The van der Waals surface area contributed by atoms with Crippen molar-refractivity contribution in [1.82, 2.24) is 4.90 Å². The Labute approximate surface area is 231 Å². The Morgan fingerprint density at radius 3 is 2.45 bits per heavy atom. The van der Waals surface area contributed by atoms with Crippen molar-refractivity contribution in [2.75, 3.05) is 31.2 Å². The molecular weight excluding hydrogens is 520 g/mol. The number of fused-ring (bicyclic) bond motifs is 1. The quantitative estimate of drug-likeness (QED) is 0.376. The molecule has 2 fully saturated rings. The van der Waals surface area contributed by atoms with Crippen LogP contribution in [0, 0.1) is 0 Å². The number of rotatable bonds is 4. The van der Waals surface area contributed by atoms with Gasteiger partial charge in [0.25, 0.3) is 11.8 Å². The smallest absolute Gasteiger partial charge is 0.265 e. The lowest BCUT2D eigenvalue weighted by Gasteiger charge is -2.37. The standard InChI is InChI=1S/C30H27ClN2O4S/c31-24-5-3-4-22(18-24)20-33-25-6-1-2-7-26(25)38-27(29(33)35)19-21-8-10-23(11-9-21)28(34)32-14-12-30(13-15-32)36-16-17-37-30/h1-11,18-19H,12-17,20H2. The summed E-state index contributed by atoms with van der Waals surface area (Å²) in [6.45, 7) is 2.88. The van der Waals surface area contributed by atoms with E-state index in [1.54, 1.807) is 4.90 Å². The lowest BCUT2D eigenvalue weighted by atomic mass is 10.0. The maximum atomic E-state index is 13.6. The van der Waals surface area contributed by atoms with E-state index in [9.17, 15) is 9.59 Å². The van der Waals surface area contributed by atoms with Crippen LogP contribution in [0.2, 0.25) is 5.02 Å². The summed E-state index contributed by atoms with van der Waals surface area (Å²) in [5.41, 5.74) is 3.35. The fourth-order valence-corrected chi connectivity index (χ4v) is 6.40. The fourth-order valence-electron chi connectivity index (χ4n) is 5.13. The highest BCUT2D eigenvalue weighted by Crippen LogP contribution is 2.42. The second-order valence-corrected chi connectivity index (χ2v) is 11.1. The molecule has 8 heteroatoms. The molecular formula is C30H27ClN2O4S. The molecule has 2 amide bonds. The van der Waals surface area contributed by atoms with Gasteiger partial charge in [-0.2, -0.15) is 0 Å². The maximum Gasteiger partial charge on any atom is 0.265 e. The molecule has 3 aromatic carbocycles. The zero-order valence-electron chi connectivity index (χ0n) is 20.8. The highest BCUT2D eigenvalue weighted by molar-refractivity contribution is 8.04. The Bertz CT molecular complexity index is 1390. The van der Waals surface area contributed by atoms with E-state index in [1.807, 2.05) is 83.8 Å². The third-order valence-electron chi connectivity index (χ3n) is 7.14. The molecule has 0 saturated carbocycles. The number of carbonyl (C=O) groups is 2. The van der Waals surface area contributed by atoms with Crippen molar-refractivity contribution in [3.05, 3.63) is 99.4 Å². The normalized spacial score (nSPS) is 19.7. The third-order valence-corrected chi connectivity index (χ3v) is 8.46. The number of halogens is 1. The van der Waals surface area contributed by atoms with Crippen LogP contribution < -0.4 is 4.90 Å². The van der Waals surface area contributed by atoms with Crippen LogP contribution in [0.15, 0.2) is 82.6 Å². The van der Waals surface area contributed by atoms with Gasteiger partial charge in [-0.1, -0.05) is 59.8 Å². The number of amides is 2. The number of anilines is 1. The first-order chi connectivity index (χ1) is 18.5. The van der Waals surface area contributed by atoms with Crippen molar-refractivity contribution >= 4 is 46.9 Å². The predicted octanol–water partition coefficient (Wildman–Crippen LogP) is 6.00. The van der Waals surface area contributed by atoms with E-state index in [2.05, 4.69) is 0 Å². The van der Waals surface area contributed by atoms with Crippen molar-refractivity contribution < 1.29 is 19.1 Å². The van der Waals surface area contributed by atoms with Crippen molar-refractivity contribution in [2.24, 2.45) is 0 Å². The number of thioether (sulfide) groups is 1. The van der Waals surface area contributed by atoms with Crippen molar-refractivity contribution in [2.45, 2.75) is 30.1 Å². The molecule has 6 rings (SSSR count). The van der Waals surface area contributed by atoms with Gasteiger partial charge in [0.15, 0.2) is 5.79 Å². The summed E-state index contributed by atoms with van der Waals surface area (Å²) in [5.74, 6) is -0.565. The first-order valence-corrected chi connectivity index (χ1v) is 13.9. The molecule has 0 unspecified atom stereocenters. The van der Waals surface area contributed by atoms with Crippen molar-refractivity contribution in [3.63, 3.8) is 0 Å². The Balaban J connectivity index is 1.19. The summed E-state index contributed by atoms with van der Waals surface area (Å²) in [4.78, 5) is 32.0. The number of benzene rings is 3. The number of likely N-dealkylation sites (tertiary alicyclic amines) is 1. The molecule has 3 heterocycles. The van der Waals surface area contributed by atoms with Crippen molar-refractivity contribution in [1.29, 1.82) is 0 Å². The highest BCUT2D eigenvalue weighted by Gasteiger charge is 2.40. The molecule has 0 aromatic heterocycles. The van der Waals surface area contributed by atoms with Gasteiger partial charge in [-0.3, -0.25) is 9.59 Å². The van der Waals surface area contributed by atoms with E-state index in [0.29, 0.717) is 61.2 Å². The molecule has 1 spiro atoms. The van der Waals surface area contributed by atoms with Gasteiger partial charge in [0, 0.05) is 41.4 Å². The monoisotopic (exact) mass is 546 g/mol. The number of hydrogen-bond acceptors (Lipinski definition) is 5. The van der Waals surface area contributed by atoms with Gasteiger partial charge in [0.05, 0.1) is 30.4 Å². The van der Waals surface area contributed by atoms with Gasteiger partial charge in [-0.05, 0) is 53.6 Å². The molecule has 194 valence electrons. The first kappa shape index (κ1) is 25.2. The SMILES string of the molecule is O=C(c1ccc(C=C2Sc3ccccc3N(Cc3cccc(Cl)c3)C2=O)cc1)N1CCC2(CC1)OCCO2. The molecule has 3 aliphatic heterocycles. The van der Waals surface area contributed by atoms with E-state index in [4.69, 9.17) is 21.1 Å². The molecule has 3 aromatic rings. The van der Waals surface area contributed by atoms with E-state index < -0.39 is 5.79 Å². The van der Waals surface area contributed by atoms with Gasteiger partial charge in [0.2, 0.25) is 0 Å². The lowest BCUT2D eigenvalue weighted by molar-refractivity contribution is -0.181. The van der Waals surface area contributed by atoms with Crippen LogP contribution in [0.3, 0.4) is 0 Å². The Morgan fingerprint density at radius 2 is 1.71 bits per heavy atom. The number of hydrogen-bond donors (Lipinski definition) is 0. The minimum absolute atomic E-state index is 0.00166. The van der Waals surface area contributed by atoms with Crippen LogP contribution in [-0.4, -0.2) is 48.8 Å². The van der Waals surface area contributed by atoms with Crippen LogP contribution in [0.5, 0.6) is 0 Å². The van der Waals surface area contributed by atoms with E-state index >= 15 is 0 Å². The number of para-hydroxylation sites is 1. The molecule has 0 aliphatic carbocycles. The lowest BCUT2D eigenvalue weighted by Crippen LogP contribution is -2.47. The Kier molecular flexibility index (Phi) is 7.01. The van der Waals surface area contributed by atoms with Gasteiger partial charge in [-0.25, -0.2) is 0 Å². The minimum atomic E-state index is -0.504. The summed E-state index contributed by atoms with van der Waals surface area (Å²) in [7, 11) is 0. The molecule has 0 atom stereocenters. The minimum Gasteiger partial charge on any atom is -0.347 e. The molecule has 3 aliphatic rings. The third kappa shape index (κ3) is 5.12. The predicted molar refractivity (Wildman–Crippen MR) is 149 cm³/mol. The summed E-state index contributed by atoms with van der Waals surface area (Å²) >= 11 is 7.66. The molecule has 0 N–H and O–H groups in total. The first-order valence-electron chi connectivity index (χ1n) is 12.7. The molecule has 6 nitrogen and oxygen atoms in total. The van der Waals surface area contributed by atoms with Crippen LogP contribution in [0.4, 0.5) is 5.69 Å². The van der Waals surface area contributed by atoms with Gasteiger partial charge < -0.3 is 19.3 Å². The summed E-state index contributed by atoms with van der Waals surface area (Å²) in [6.07, 6.45) is 3.27. The van der Waals surface area contributed by atoms with Crippen LogP contribution in [-0.2, 0) is 20.8 Å². The van der Waals surface area contributed by atoms with E-state index in [1.165, 1.54) is 11.8 Å². The van der Waals surface area contributed by atoms with E-state index in [0.717, 1.165) is 21.7 Å². The zero-order valence-corrected chi connectivity index (χ0v) is 22.3. The van der Waals surface area contributed by atoms with E-state index in [-0.39, 0.29) is 11.8 Å². The zero-order chi connectivity index (χ0) is 26.1. The number of nitrogens with zero attached hydrogens (tertiary/aromatic N) is 2. The fraction of sp³-hybridized carbons (Fsp3) is 0.267. The van der Waals surface area contributed by atoms with Crippen LogP contribution in [0.25, 0.3) is 6.08 Å². The molecule has 2 saturated heterocycles. The van der Waals surface area contributed by atoms with Gasteiger partial charge >= 0.3 is 0 Å². The number of piperidine rings is 1. The summed E-state index contributed by atoms with van der Waals surface area (Å²) in [5, 5.41) is 0.643. The largest absolute Gasteiger partial charge is 0.347 e. The molecule has 0 radical (unpaired) electrons. The average Bonchev–Trinajstić information content (AvgIpc) is 3.39. The molecule has 0 bridgehead atoms. The van der Waals surface area contributed by atoms with Crippen LogP contribution >= 0.6 is 23.4 Å². The number of carbonyl (C=O) groups excluding carboxylic acids is 2. The Hall–Kier alpha value is -3.10. The average molecular weight is 547 g/mol. The topological polar surface area (TPSA) is 59.1 Å². The second kappa shape index (κ2) is 10.6. The van der Waals surface area contributed by atoms with Gasteiger partial charge in [0.1, 0.15) is 0 Å². The number of ether oxygens (including phenoxy) is 2. The van der Waals surface area contributed by atoms with Crippen molar-refractivity contribution in [3.8, 4) is 0 Å². The highest BCUT2D eigenvalue weighted by atomic mass is 35.5. The maximum absolute atomic E-state index is 13.6. The van der Waals surface area contributed by atoms with Gasteiger partial charge in [-0.15, -0.1) is 0 Å².